The Hall–Kier alpha value is -1.06. The summed E-state index contributed by atoms with van der Waals surface area (Å²) in [7, 11) is 2.08. The van der Waals surface area contributed by atoms with Crippen LogP contribution < -0.4 is 4.74 Å². The van der Waals surface area contributed by atoms with E-state index in [0.29, 0.717) is 12.6 Å². The third kappa shape index (κ3) is 5.14. The van der Waals surface area contributed by atoms with E-state index in [0.717, 1.165) is 24.2 Å². The highest BCUT2D eigenvalue weighted by atomic mass is 16.5. The molecule has 0 aliphatic heterocycles. The Morgan fingerprint density at radius 2 is 1.65 bits per heavy atom. The third-order valence-corrected chi connectivity index (χ3v) is 3.66. The number of benzene rings is 1. The Morgan fingerprint density at radius 1 is 1.10 bits per heavy atom. The summed E-state index contributed by atoms with van der Waals surface area (Å²) in [4.78, 5) is 2.24. The Labute approximate surface area is 123 Å². The van der Waals surface area contributed by atoms with Gasteiger partial charge < -0.3 is 14.7 Å². The molecule has 1 N–H and O–H groups in total. The molecule has 0 aliphatic rings. The van der Waals surface area contributed by atoms with Crippen molar-refractivity contribution in [2.45, 2.75) is 58.8 Å². The quantitative estimate of drug-likeness (QED) is 0.789. The summed E-state index contributed by atoms with van der Waals surface area (Å²) in [6.07, 6.45) is 1.95. The maximum absolute atomic E-state index is 10.3. The molecule has 0 amide bonds. The van der Waals surface area contributed by atoms with Crippen molar-refractivity contribution in [2.75, 3.05) is 13.6 Å². The van der Waals surface area contributed by atoms with E-state index in [9.17, 15) is 5.11 Å². The van der Waals surface area contributed by atoms with E-state index in [1.807, 2.05) is 38.1 Å². The first kappa shape index (κ1) is 17.0. The zero-order valence-electron chi connectivity index (χ0n) is 13.5. The Kier molecular flexibility index (Phi) is 7.03. The van der Waals surface area contributed by atoms with E-state index in [-0.39, 0.29) is 6.10 Å². The van der Waals surface area contributed by atoms with Crippen LogP contribution in [0.2, 0.25) is 0 Å². The molecule has 0 radical (unpaired) electrons. The minimum atomic E-state index is -0.450. The second-order valence-corrected chi connectivity index (χ2v) is 5.66. The molecule has 1 rings (SSSR count). The summed E-state index contributed by atoms with van der Waals surface area (Å²) < 4.78 is 5.61. The van der Waals surface area contributed by atoms with E-state index in [2.05, 4.69) is 25.8 Å². The van der Waals surface area contributed by atoms with Crippen molar-refractivity contribution < 1.29 is 9.84 Å². The summed E-state index contributed by atoms with van der Waals surface area (Å²) in [5.41, 5.74) is 0.943. The highest BCUT2D eigenvalue weighted by molar-refractivity contribution is 5.28. The van der Waals surface area contributed by atoms with Crippen LogP contribution in [0, 0.1) is 0 Å². The van der Waals surface area contributed by atoms with Crippen molar-refractivity contribution in [3.05, 3.63) is 29.8 Å². The van der Waals surface area contributed by atoms with Crippen LogP contribution in [0.3, 0.4) is 0 Å². The molecule has 1 unspecified atom stereocenters. The van der Waals surface area contributed by atoms with Gasteiger partial charge in [-0.2, -0.15) is 0 Å². The van der Waals surface area contributed by atoms with Crippen LogP contribution in [0.1, 0.15) is 52.2 Å². The SMILES string of the molecule is CCC(CC)N(C)CC(O)c1ccc(OC(C)C)cc1. The standard InChI is InChI=1S/C17H29NO2/c1-6-15(7-2)18(5)12-17(19)14-8-10-16(11-9-14)20-13(3)4/h8-11,13,15,17,19H,6-7,12H2,1-5H3. The number of aliphatic hydroxyl groups is 1. The van der Waals surface area contributed by atoms with Crippen LogP contribution in [-0.2, 0) is 0 Å². The van der Waals surface area contributed by atoms with Crippen LogP contribution in [0.5, 0.6) is 5.75 Å². The fourth-order valence-electron chi connectivity index (χ4n) is 2.48. The zero-order valence-corrected chi connectivity index (χ0v) is 13.5. The number of rotatable bonds is 8. The molecule has 3 nitrogen and oxygen atoms in total. The number of ether oxygens (including phenoxy) is 1. The average molecular weight is 279 g/mol. The number of likely N-dealkylation sites (N-methyl/N-ethyl adjacent to an activating group) is 1. The van der Waals surface area contributed by atoms with Crippen LogP contribution >= 0.6 is 0 Å². The summed E-state index contributed by atoms with van der Waals surface area (Å²) >= 11 is 0. The number of nitrogens with zero attached hydrogens (tertiary/aromatic N) is 1. The van der Waals surface area contributed by atoms with Crippen LogP contribution in [0.25, 0.3) is 0 Å². The lowest BCUT2D eigenvalue weighted by atomic mass is 10.1. The predicted molar refractivity (Wildman–Crippen MR) is 84.2 cm³/mol. The molecule has 0 bridgehead atoms. The lowest BCUT2D eigenvalue weighted by Gasteiger charge is -2.28. The molecule has 1 aromatic rings. The number of aliphatic hydroxyl groups excluding tert-OH is 1. The van der Waals surface area contributed by atoms with E-state index in [1.54, 1.807) is 0 Å². The molecule has 0 aromatic heterocycles. The Bertz CT molecular complexity index is 371. The number of hydrogen-bond acceptors (Lipinski definition) is 3. The van der Waals surface area contributed by atoms with Gasteiger partial charge in [-0.05, 0) is 51.4 Å². The Morgan fingerprint density at radius 3 is 2.10 bits per heavy atom. The normalized spacial score (nSPS) is 13.2. The molecule has 0 heterocycles. The molecule has 20 heavy (non-hydrogen) atoms. The lowest BCUT2D eigenvalue weighted by Crippen LogP contribution is -2.34. The van der Waals surface area contributed by atoms with E-state index >= 15 is 0 Å². The highest BCUT2D eigenvalue weighted by Crippen LogP contribution is 2.20. The van der Waals surface area contributed by atoms with Gasteiger partial charge in [0.1, 0.15) is 5.75 Å². The van der Waals surface area contributed by atoms with Crippen molar-refractivity contribution >= 4 is 0 Å². The second-order valence-electron chi connectivity index (χ2n) is 5.66. The van der Waals surface area contributed by atoms with E-state index < -0.39 is 6.10 Å². The minimum absolute atomic E-state index is 0.173. The summed E-state index contributed by atoms with van der Waals surface area (Å²) in [6, 6.07) is 8.28. The first-order valence-corrected chi connectivity index (χ1v) is 7.62. The molecular weight excluding hydrogens is 250 g/mol. The van der Waals surface area contributed by atoms with Crippen molar-refractivity contribution in [2.24, 2.45) is 0 Å². The van der Waals surface area contributed by atoms with Gasteiger partial charge in [-0.25, -0.2) is 0 Å². The largest absolute Gasteiger partial charge is 0.491 e. The number of hydrogen-bond donors (Lipinski definition) is 1. The summed E-state index contributed by atoms with van der Waals surface area (Å²) in [5, 5.41) is 10.3. The predicted octanol–water partition coefficient (Wildman–Crippen LogP) is 3.63. The molecule has 0 saturated carbocycles. The third-order valence-electron chi connectivity index (χ3n) is 3.66. The van der Waals surface area contributed by atoms with Crippen molar-refractivity contribution in [3.8, 4) is 5.75 Å². The van der Waals surface area contributed by atoms with Gasteiger partial charge in [0.25, 0.3) is 0 Å². The maximum atomic E-state index is 10.3. The maximum Gasteiger partial charge on any atom is 0.119 e. The van der Waals surface area contributed by atoms with Crippen LogP contribution in [0.15, 0.2) is 24.3 Å². The first-order valence-electron chi connectivity index (χ1n) is 7.62. The van der Waals surface area contributed by atoms with Crippen LogP contribution in [0.4, 0.5) is 0 Å². The van der Waals surface area contributed by atoms with E-state index in [4.69, 9.17) is 4.74 Å². The molecule has 0 fully saturated rings. The fourth-order valence-corrected chi connectivity index (χ4v) is 2.48. The first-order chi connectivity index (χ1) is 9.47. The monoisotopic (exact) mass is 279 g/mol. The molecule has 114 valence electrons. The molecular formula is C17H29NO2. The second kappa shape index (κ2) is 8.28. The Balaban J connectivity index is 2.61. The van der Waals surface area contributed by atoms with E-state index in [1.165, 1.54) is 0 Å². The summed E-state index contributed by atoms with van der Waals surface area (Å²) in [5.74, 6) is 0.851. The zero-order chi connectivity index (χ0) is 15.1. The highest BCUT2D eigenvalue weighted by Gasteiger charge is 2.16. The molecule has 0 spiro atoms. The van der Waals surface area contributed by atoms with Crippen LogP contribution in [-0.4, -0.2) is 35.7 Å². The van der Waals surface area contributed by atoms with Crippen molar-refractivity contribution in [3.63, 3.8) is 0 Å². The molecule has 0 aliphatic carbocycles. The molecule has 1 atom stereocenters. The smallest absolute Gasteiger partial charge is 0.119 e. The van der Waals surface area contributed by atoms with Gasteiger partial charge in [-0.1, -0.05) is 26.0 Å². The van der Waals surface area contributed by atoms with Gasteiger partial charge in [0.2, 0.25) is 0 Å². The summed E-state index contributed by atoms with van der Waals surface area (Å²) in [6.45, 7) is 9.06. The fraction of sp³-hybridized carbons (Fsp3) is 0.647. The lowest BCUT2D eigenvalue weighted by molar-refractivity contribution is 0.101. The van der Waals surface area contributed by atoms with Gasteiger partial charge in [-0.3, -0.25) is 0 Å². The van der Waals surface area contributed by atoms with Gasteiger partial charge >= 0.3 is 0 Å². The molecule has 3 heteroatoms. The molecule has 0 saturated heterocycles. The molecule has 1 aromatic carbocycles. The van der Waals surface area contributed by atoms with Gasteiger partial charge in [0, 0.05) is 12.6 Å². The minimum Gasteiger partial charge on any atom is -0.491 e. The van der Waals surface area contributed by atoms with Gasteiger partial charge in [0.15, 0.2) is 0 Å². The van der Waals surface area contributed by atoms with Crippen molar-refractivity contribution in [1.29, 1.82) is 0 Å². The average Bonchev–Trinajstić information content (AvgIpc) is 2.40. The van der Waals surface area contributed by atoms with Gasteiger partial charge in [-0.15, -0.1) is 0 Å². The van der Waals surface area contributed by atoms with Crippen molar-refractivity contribution in [1.82, 2.24) is 4.90 Å². The van der Waals surface area contributed by atoms with Gasteiger partial charge in [0.05, 0.1) is 12.2 Å². The topological polar surface area (TPSA) is 32.7 Å².